The number of nitrogens with zero attached hydrogens (tertiary/aromatic N) is 1. The van der Waals surface area contributed by atoms with Gasteiger partial charge in [-0.05, 0) is 42.3 Å². The minimum atomic E-state index is -0.226. The molecule has 1 heterocycles. The van der Waals surface area contributed by atoms with Crippen LogP contribution in [0.3, 0.4) is 0 Å². The highest BCUT2D eigenvalue weighted by molar-refractivity contribution is 7.99. The van der Waals surface area contributed by atoms with Crippen LogP contribution in [0, 0.1) is 6.92 Å². The first-order valence-corrected chi connectivity index (χ1v) is 10.7. The maximum atomic E-state index is 12.3. The lowest BCUT2D eigenvalue weighted by Crippen LogP contribution is -2.32. The van der Waals surface area contributed by atoms with E-state index in [0.29, 0.717) is 15.8 Å². The number of benzene rings is 2. The van der Waals surface area contributed by atoms with Crippen LogP contribution in [0.4, 0.5) is 5.69 Å². The Balaban J connectivity index is 1.59. The van der Waals surface area contributed by atoms with E-state index in [2.05, 4.69) is 16.3 Å². The quantitative estimate of drug-likeness (QED) is 0.717. The topological polar surface area (TPSA) is 41.6 Å². The summed E-state index contributed by atoms with van der Waals surface area (Å²) >= 11 is 13.9. The molecule has 1 amide bonds. The summed E-state index contributed by atoms with van der Waals surface area (Å²) in [4.78, 5) is 14.8. The fourth-order valence-corrected chi connectivity index (χ4v) is 4.35. The van der Waals surface area contributed by atoms with Crippen molar-refractivity contribution in [2.45, 2.75) is 13.5 Å². The number of ether oxygens (including phenoxy) is 1. The van der Waals surface area contributed by atoms with Crippen molar-refractivity contribution in [1.82, 2.24) is 4.90 Å². The summed E-state index contributed by atoms with van der Waals surface area (Å²) in [6, 6.07) is 10.9. The number of nitrogens with one attached hydrogen (secondary N) is 1. The Bertz CT molecular complexity index is 811. The standard InChI is InChI=1S/C20H22Cl2N2O2S/c1-14-15(12-24-7-9-27-10-8-24)3-2-4-18(14)23-20(25)13-26-19-6-5-16(21)11-17(19)22/h2-6,11H,7-10,12-13H2,1H3,(H,23,25). The molecule has 27 heavy (non-hydrogen) atoms. The number of hydrogen-bond donors (Lipinski definition) is 1. The third kappa shape index (κ3) is 5.79. The van der Waals surface area contributed by atoms with Crippen molar-refractivity contribution in [3.63, 3.8) is 0 Å². The number of carbonyl (C=O) groups is 1. The monoisotopic (exact) mass is 424 g/mol. The number of thioether (sulfide) groups is 1. The first kappa shape index (κ1) is 20.3. The molecule has 0 saturated carbocycles. The summed E-state index contributed by atoms with van der Waals surface area (Å²) < 4.78 is 5.50. The Labute approximate surface area is 174 Å². The predicted octanol–water partition coefficient (Wildman–Crippen LogP) is 4.87. The van der Waals surface area contributed by atoms with E-state index in [1.54, 1.807) is 18.2 Å². The Morgan fingerprint density at radius 2 is 2.00 bits per heavy atom. The fourth-order valence-electron chi connectivity index (χ4n) is 2.91. The molecule has 0 aliphatic carbocycles. The van der Waals surface area contributed by atoms with Crippen LogP contribution in [0.25, 0.3) is 0 Å². The molecule has 0 unspecified atom stereocenters. The molecule has 0 bridgehead atoms. The van der Waals surface area contributed by atoms with Gasteiger partial charge in [0.1, 0.15) is 5.75 Å². The van der Waals surface area contributed by atoms with Gasteiger partial charge in [-0.25, -0.2) is 0 Å². The first-order valence-electron chi connectivity index (χ1n) is 8.79. The molecule has 4 nitrogen and oxygen atoms in total. The molecule has 2 aromatic carbocycles. The van der Waals surface area contributed by atoms with Crippen molar-refractivity contribution in [3.8, 4) is 5.75 Å². The summed E-state index contributed by atoms with van der Waals surface area (Å²) in [7, 11) is 0. The van der Waals surface area contributed by atoms with E-state index in [1.165, 1.54) is 17.1 Å². The number of amides is 1. The predicted molar refractivity (Wildman–Crippen MR) is 114 cm³/mol. The summed E-state index contributed by atoms with van der Waals surface area (Å²) in [6.07, 6.45) is 0. The normalized spacial score (nSPS) is 14.8. The van der Waals surface area contributed by atoms with Gasteiger partial charge in [-0.1, -0.05) is 35.3 Å². The molecule has 0 aromatic heterocycles. The zero-order valence-corrected chi connectivity index (χ0v) is 17.5. The van der Waals surface area contributed by atoms with E-state index in [1.807, 2.05) is 30.8 Å². The van der Waals surface area contributed by atoms with E-state index in [9.17, 15) is 4.79 Å². The lowest BCUT2D eigenvalue weighted by molar-refractivity contribution is -0.118. The number of anilines is 1. The lowest BCUT2D eigenvalue weighted by atomic mass is 10.1. The lowest BCUT2D eigenvalue weighted by Gasteiger charge is -2.27. The third-order valence-corrected chi connectivity index (χ3v) is 5.94. The zero-order chi connectivity index (χ0) is 19.2. The van der Waals surface area contributed by atoms with Gasteiger partial charge < -0.3 is 10.1 Å². The van der Waals surface area contributed by atoms with Gasteiger partial charge >= 0.3 is 0 Å². The molecule has 0 spiro atoms. The number of rotatable bonds is 6. The molecule has 1 N–H and O–H groups in total. The van der Waals surface area contributed by atoms with E-state index in [0.717, 1.165) is 30.9 Å². The first-order chi connectivity index (χ1) is 13.0. The average Bonchev–Trinajstić information content (AvgIpc) is 2.65. The Morgan fingerprint density at radius 1 is 1.22 bits per heavy atom. The van der Waals surface area contributed by atoms with Gasteiger partial charge in [-0.2, -0.15) is 11.8 Å². The molecule has 1 fully saturated rings. The van der Waals surface area contributed by atoms with Crippen molar-refractivity contribution in [1.29, 1.82) is 0 Å². The van der Waals surface area contributed by atoms with Crippen LogP contribution in [0.15, 0.2) is 36.4 Å². The molecule has 3 rings (SSSR count). The average molecular weight is 425 g/mol. The van der Waals surface area contributed by atoms with Gasteiger partial charge in [0.05, 0.1) is 5.02 Å². The maximum absolute atomic E-state index is 12.3. The van der Waals surface area contributed by atoms with Crippen LogP contribution in [-0.4, -0.2) is 42.0 Å². The fraction of sp³-hybridized carbons (Fsp3) is 0.350. The van der Waals surface area contributed by atoms with E-state index < -0.39 is 0 Å². The summed E-state index contributed by atoms with van der Waals surface area (Å²) in [5, 5.41) is 3.84. The van der Waals surface area contributed by atoms with Gasteiger partial charge in [0.15, 0.2) is 6.61 Å². The van der Waals surface area contributed by atoms with Gasteiger partial charge in [0.25, 0.3) is 5.91 Å². The molecule has 144 valence electrons. The molecular weight excluding hydrogens is 403 g/mol. The largest absolute Gasteiger partial charge is 0.482 e. The SMILES string of the molecule is Cc1c(CN2CCSCC2)cccc1NC(=O)COc1ccc(Cl)cc1Cl. The van der Waals surface area contributed by atoms with E-state index >= 15 is 0 Å². The van der Waals surface area contributed by atoms with Crippen LogP contribution in [0.5, 0.6) is 5.75 Å². The summed E-state index contributed by atoms with van der Waals surface area (Å²) in [5.74, 6) is 2.57. The van der Waals surface area contributed by atoms with Crippen molar-refractivity contribution >= 4 is 46.6 Å². The Hall–Kier alpha value is -1.40. The van der Waals surface area contributed by atoms with Crippen molar-refractivity contribution in [3.05, 3.63) is 57.6 Å². The Kier molecular flexibility index (Phi) is 7.30. The van der Waals surface area contributed by atoms with Crippen LogP contribution in [-0.2, 0) is 11.3 Å². The van der Waals surface area contributed by atoms with Gasteiger partial charge in [0.2, 0.25) is 0 Å². The van der Waals surface area contributed by atoms with Gasteiger partial charge in [-0.15, -0.1) is 0 Å². The molecule has 1 aliphatic rings. The number of carbonyl (C=O) groups excluding carboxylic acids is 1. The highest BCUT2D eigenvalue weighted by atomic mass is 35.5. The zero-order valence-electron chi connectivity index (χ0n) is 15.1. The minimum absolute atomic E-state index is 0.117. The van der Waals surface area contributed by atoms with E-state index in [4.69, 9.17) is 27.9 Å². The van der Waals surface area contributed by atoms with Crippen LogP contribution < -0.4 is 10.1 Å². The molecule has 0 radical (unpaired) electrons. The Morgan fingerprint density at radius 3 is 2.74 bits per heavy atom. The molecule has 1 aliphatic heterocycles. The summed E-state index contributed by atoms with van der Waals surface area (Å²) in [6.45, 7) is 5.05. The highest BCUT2D eigenvalue weighted by Crippen LogP contribution is 2.27. The molecule has 0 atom stereocenters. The number of halogens is 2. The van der Waals surface area contributed by atoms with Gasteiger partial charge in [-0.3, -0.25) is 9.69 Å². The second kappa shape index (κ2) is 9.69. The summed E-state index contributed by atoms with van der Waals surface area (Å²) in [5.41, 5.74) is 3.14. The smallest absolute Gasteiger partial charge is 0.262 e. The van der Waals surface area contributed by atoms with Crippen LogP contribution in [0.2, 0.25) is 10.0 Å². The molecule has 1 saturated heterocycles. The second-order valence-corrected chi connectivity index (χ2v) is 8.46. The highest BCUT2D eigenvalue weighted by Gasteiger charge is 2.14. The molecular formula is C20H22Cl2N2O2S. The van der Waals surface area contributed by atoms with Crippen LogP contribution in [0.1, 0.15) is 11.1 Å². The molecule has 2 aromatic rings. The minimum Gasteiger partial charge on any atom is -0.482 e. The second-order valence-electron chi connectivity index (χ2n) is 6.39. The third-order valence-electron chi connectivity index (χ3n) is 4.47. The van der Waals surface area contributed by atoms with Crippen molar-refractivity contribution < 1.29 is 9.53 Å². The molecule has 7 heteroatoms. The maximum Gasteiger partial charge on any atom is 0.262 e. The van der Waals surface area contributed by atoms with E-state index in [-0.39, 0.29) is 12.5 Å². The van der Waals surface area contributed by atoms with Crippen LogP contribution >= 0.6 is 35.0 Å². The van der Waals surface area contributed by atoms with Crippen molar-refractivity contribution in [2.75, 3.05) is 36.5 Å². The van der Waals surface area contributed by atoms with Gasteiger partial charge in [0, 0.05) is 41.8 Å². The van der Waals surface area contributed by atoms with Crippen molar-refractivity contribution in [2.24, 2.45) is 0 Å². The number of hydrogen-bond acceptors (Lipinski definition) is 4.